The van der Waals surface area contributed by atoms with Gasteiger partial charge >= 0.3 is 0 Å². The van der Waals surface area contributed by atoms with Crippen LogP contribution < -0.4 is 15.4 Å². The van der Waals surface area contributed by atoms with Crippen molar-refractivity contribution < 1.29 is 18.7 Å². The van der Waals surface area contributed by atoms with Crippen molar-refractivity contribution in [2.75, 3.05) is 12.4 Å². The Morgan fingerprint density at radius 2 is 1.82 bits per heavy atom. The lowest BCUT2D eigenvalue weighted by Crippen LogP contribution is -2.28. The fourth-order valence-corrected chi connectivity index (χ4v) is 4.19. The van der Waals surface area contributed by atoms with Crippen molar-refractivity contribution >= 4 is 28.5 Å². The Morgan fingerprint density at radius 3 is 2.56 bits per heavy atom. The van der Waals surface area contributed by atoms with Crippen LogP contribution in [-0.2, 0) is 11.3 Å². The number of hydrogen-bond acceptors (Lipinski definition) is 4. The number of hydrogen-bond donors (Lipinski definition) is 2. The molecule has 172 valence electrons. The summed E-state index contributed by atoms with van der Waals surface area (Å²) < 4.78 is 11.3. The lowest BCUT2D eigenvalue weighted by molar-refractivity contribution is -0.122. The summed E-state index contributed by atoms with van der Waals surface area (Å²) in [6, 6.07) is 22.8. The molecule has 1 aliphatic carbocycles. The molecule has 34 heavy (non-hydrogen) atoms. The van der Waals surface area contributed by atoms with E-state index in [-0.39, 0.29) is 23.5 Å². The minimum atomic E-state index is -0.307. The lowest BCUT2D eigenvalue weighted by Gasteiger charge is -2.24. The van der Waals surface area contributed by atoms with E-state index < -0.39 is 0 Å². The molecule has 1 aromatic heterocycles. The van der Waals surface area contributed by atoms with Gasteiger partial charge in [0.1, 0.15) is 11.3 Å². The first-order valence-corrected chi connectivity index (χ1v) is 11.5. The van der Waals surface area contributed by atoms with Crippen molar-refractivity contribution in [3.05, 3.63) is 84.1 Å². The van der Waals surface area contributed by atoms with Crippen LogP contribution in [0, 0.1) is 5.92 Å². The molecule has 6 heteroatoms. The fraction of sp³-hybridized carbons (Fsp3) is 0.214. The van der Waals surface area contributed by atoms with E-state index in [1.165, 1.54) is 0 Å². The molecule has 0 bridgehead atoms. The van der Waals surface area contributed by atoms with Gasteiger partial charge in [0.05, 0.1) is 7.11 Å². The molecular weight excluding hydrogens is 428 g/mol. The quantitative estimate of drug-likeness (QED) is 0.371. The van der Waals surface area contributed by atoms with Gasteiger partial charge in [0, 0.05) is 35.2 Å². The monoisotopic (exact) mass is 454 g/mol. The third kappa shape index (κ3) is 4.39. The van der Waals surface area contributed by atoms with Crippen LogP contribution in [0.1, 0.15) is 35.4 Å². The molecule has 5 rings (SSSR count). The van der Waals surface area contributed by atoms with Gasteiger partial charge in [-0.05, 0) is 48.2 Å². The highest BCUT2D eigenvalue weighted by molar-refractivity contribution is 6.08. The number of carbonyl (C=O) groups excluding carboxylic acids is 2. The Balaban J connectivity index is 1.37. The molecule has 1 aliphatic rings. The van der Waals surface area contributed by atoms with Crippen LogP contribution in [0.25, 0.3) is 22.1 Å². The second-order valence-corrected chi connectivity index (χ2v) is 8.53. The van der Waals surface area contributed by atoms with E-state index in [1.54, 1.807) is 13.2 Å². The summed E-state index contributed by atoms with van der Waals surface area (Å²) in [5.41, 5.74) is 3.86. The highest BCUT2D eigenvalue weighted by atomic mass is 16.5. The molecule has 0 aliphatic heterocycles. The molecule has 2 amide bonds. The highest BCUT2D eigenvalue weighted by Crippen LogP contribution is 2.36. The molecule has 1 heterocycles. The van der Waals surface area contributed by atoms with E-state index in [0.29, 0.717) is 17.9 Å². The van der Waals surface area contributed by atoms with Crippen LogP contribution in [0.15, 0.2) is 77.2 Å². The molecule has 3 aromatic carbocycles. The largest absolute Gasteiger partial charge is 0.497 e. The Hall–Kier alpha value is -4.06. The van der Waals surface area contributed by atoms with Gasteiger partial charge in [-0.2, -0.15) is 0 Å². The standard InChI is InChI=1S/C28H26N2O4/c1-33-22-13-14-23-24(16-22)34-26(25(23)19-8-3-2-4-9-19)28(32)29-17-18-7-5-12-21(15-18)30-27(31)20-10-6-11-20/h2-5,7-9,12-16,20H,6,10-11,17H2,1H3,(H,29,32)(H,30,31). The van der Waals surface area contributed by atoms with Gasteiger partial charge in [-0.15, -0.1) is 0 Å². The van der Waals surface area contributed by atoms with Crippen molar-refractivity contribution in [3.8, 4) is 16.9 Å². The van der Waals surface area contributed by atoms with Crippen molar-refractivity contribution in [1.29, 1.82) is 0 Å². The molecule has 1 saturated carbocycles. The number of amides is 2. The SMILES string of the molecule is COc1ccc2c(-c3ccccc3)c(C(=O)NCc3cccc(NC(=O)C4CCC4)c3)oc2c1. The first-order chi connectivity index (χ1) is 16.6. The van der Waals surface area contributed by atoms with Crippen LogP contribution >= 0.6 is 0 Å². The van der Waals surface area contributed by atoms with Crippen LogP contribution in [0.3, 0.4) is 0 Å². The Morgan fingerprint density at radius 1 is 1.00 bits per heavy atom. The number of fused-ring (bicyclic) bond motifs is 1. The molecule has 0 radical (unpaired) electrons. The van der Waals surface area contributed by atoms with Gasteiger partial charge in [0.15, 0.2) is 0 Å². The van der Waals surface area contributed by atoms with Gasteiger partial charge in [-0.25, -0.2) is 0 Å². The molecular formula is C28H26N2O4. The summed E-state index contributed by atoms with van der Waals surface area (Å²) in [6.45, 7) is 0.306. The van der Waals surface area contributed by atoms with Crippen LogP contribution in [0.2, 0.25) is 0 Å². The molecule has 0 saturated heterocycles. The van der Waals surface area contributed by atoms with E-state index in [9.17, 15) is 9.59 Å². The van der Waals surface area contributed by atoms with Crippen LogP contribution in [0.4, 0.5) is 5.69 Å². The zero-order valence-electron chi connectivity index (χ0n) is 19.0. The summed E-state index contributed by atoms with van der Waals surface area (Å²) in [6.07, 6.45) is 3.02. The Labute approximate surface area is 197 Å². The van der Waals surface area contributed by atoms with E-state index in [2.05, 4.69) is 10.6 Å². The number of carbonyl (C=O) groups is 2. The van der Waals surface area contributed by atoms with Gasteiger partial charge in [-0.1, -0.05) is 48.9 Å². The third-order valence-corrected chi connectivity index (χ3v) is 6.29. The molecule has 6 nitrogen and oxygen atoms in total. The molecule has 0 spiro atoms. The maximum Gasteiger partial charge on any atom is 0.287 e. The van der Waals surface area contributed by atoms with E-state index in [1.807, 2.05) is 66.7 Å². The predicted octanol–water partition coefficient (Wildman–Crippen LogP) is 5.78. The van der Waals surface area contributed by atoms with E-state index >= 15 is 0 Å². The number of anilines is 1. The topological polar surface area (TPSA) is 80.6 Å². The summed E-state index contributed by atoms with van der Waals surface area (Å²) in [7, 11) is 1.60. The molecule has 0 unspecified atom stereocenters. The van der Waals surface area contributed by atoms with Crippen molar-refractivity contribution in [1.82, 2.24) is 5.32 Å². The fourth-order valence-electron chi connectivity index (χ4n) is 4.19. The zero-order chi connectivity index (χ0) is 23.5. The average Bonchev–Trinajstić information content (AvgIpc) is 3.21. The van der Waals surface area contributed by atoms with Crippen molar-refractivity contribution in [3.63, 3.8) is 0 Å². The second-order valence-electron chi connectivity index (χ2n) is 8.53. The van der Waals surface area contributed by atoms with Gasteiger partial charge in [-0.3, -0.25) is 9.59 Å². The van der Waals surface area contributed by atoms with Gasteiger partial charge in [0.25, 0.3) is 5.91 Å². The van der Waals surface area contributed by atoms with Gasteiger partial charge < -0.3 is 19.8 Å². The van der Waals surface area contributed by atoms with E-state index in [4.69, 9.17) is 9.15 Å². The number of ether oxygens (including phenoxy) is 1. The lowest BCUT2D eigenvalue weighted by atomic mass is 9.85. The van der Waals surface area contributed by atoms with Crippen molar-refractivity contribution in [2.24, 2.45) is 5.92 Å². The number of furan rings is 1. The minimum absolute atomic E-state index is 0.0673. The van der Waals surface area contributed by atoms with E-state index in [0.717, 1.165) is 47.0 Å². The first kappa shape index (κ1) is 21.8. The molecule has 1 fully saturated rings. The number of nitrogens with one attached hydrogen (secondary N) is 2. The van der Waals surface area contributed by atoms with Crippen LogP contribution in [0.5, 0.6) is 5.75 Å². The molecule has 0 atom stereocenters. The average molecular weight is 455 g/mol. The smallest absolute Gasteiger partial charge is 0.287 e. The summed E-state index contributed by atoms with van der Waals surface area (Å²) in [4.78, 5) is 25.5. The second kappa shape index (κ2) is 9.43. The maximum atomic E-state index is 13.2. The zero-order valence-corrected chi connectivity index (χ0v) is 19.0. The summed E-state index contributed by atoms with van der Waals surface area (Å²) in [5, 5.41) is 6.79. The normalized spacial score (nSPS) is 13.3. The predicted molar refractivity (Wildman–Crippen MR) is 132 cm³/mol. The Bertz CT molecular complexity index is 1340. The van der Waals surface area contributed by atoms with Gasteiger partial charge in [0.2, 0.25) is 11.7 Å². The minimum Gasteiger partial charge on any atom is -0.497 e. The molecule has 4 aromatic rings. The first-order valence-electron chi connectivity index (χ1n) is 11.5. The highest BCUT2D eigenvalue weighted by Gasteiger charge is 2.25. The third-order valence-electron chi connectivity index (χ3n) is 6.29. The number of rotatable bonds is 7. The summed E-state index contributed by atoms with van der Waals surface area (Å²) >= 11 is 0. The van der Waals surface area contributed by atoms with Crippen LogP contribution in [-0.4, -0.2) is 18.9 Å². The number of methoxy groups -OCH3 is 1. The summed E-state index contributed by atoms with van der Waals surface area (Å²) in [5.74, 6) is 0.791. The van der Waals surface area contributed by atoms with Crippen molar-refractivity contribution in [2.45, 2.75) is 25.8 Å². The maximum absolute atomic E-state index is 13.2. The Kier molecular flexibility index (Phi) is 6.04. The number of benzene rings is 3. The molecule has 2 N–H and O–H groups in total.